The van der Waals surface area contributed by atoms with Gasteiger partial charge in [-0.1, -0.05) is 31.6 Å². The van der Waals surface area contributed by atoms with E-state index in [-0.39, 0.29) is 22.8 Å². The summed E-state index contributed by atoms with van der Waals surface area (Å²) in [5, 5.41) is 0. The summed E-state index contributed by atoms with van der Waals surface area (Å²) in [6, 6.07) is 0. The number of nitrogens with two attached hydrogens (primary N) is 1. The van der Waals surface area contributed by atoms with Crippen molar-refractivity contribution in [2.75, 3.05) is 5.73 Å². The number of aromatic nitrogens is 3. The van der Waals surface area contributed by atoms with Gasteiger partial charge in [-0.2, -0.15) is 4.98 Å². The SMILES string of the molecule is CCC[C@H]1O[C@@H](n2c(=O)sc3cnc(N)nc32)[C@H](OC(C)=O)[C@@H]1C. The van der Waals surface area contributed by atoms with Gasteiger partial charge in [0.05, 0.1) is 17.0 Å². The number of ether oxygens (including phenoxy) is 2. The van der Waals surface area contributed by atoms with Crippen LogP contribution in [0.15, 0.2) is 11.0 Å². The first-order valence-electron chi connectivity index (χ1n) is 7.88. The normalized spacial score (nSPS) is 26.8. The average Bonchev–Trinajstić information content (AvgIpc) is 2.97. The predicted octanol–water partition coefficient (Wildman–Crippen LogP) is 1.70. The van der Waals surface area contributed by atoms with Gasteiger partial charge in [-0.05, 0) is 6.42 Å². The Kier molecular flexibility index (Phi) is 4.55. The molecule has 1 fully saturated rings. The van der Waals surface area contributed by atoms with Gasteiger partial charge < -0.3 is 15.2 Å². The lowest BCUT2D eigenvalue weighted by Gasteiger charge is -2.21. The predicted molar refractivity (Wildman–Crippen MR) is 89.6 cm³/mol. The number of nitrogens with zero attached hydrogens (tertiary/aromatic N) is 3. The molecule has 2 aromatic rings. The monoisotopic (exact) mass is 352 g/mol. The first kappa shape index (κ1) is 16.8. The molecule has 0 saturated carbocycles. The van der Waals surface area contributed by atoms with Crippen molar-refractivity contribution in [1.82, 2.24) is 14.5 Å². The second-order valence-electron chi connectivity index (χ2n) is 5.94. The molecule has 0 unspecified atom stereocenters. The molecule has 4 atom stereocenters. The molecule has 0 radical (unpaired) electrons. The van der Waals surface area contributed by atoms with Crippen LogP contribution >= 0.6 is 11.3 Å². The van der Waals surface area contributed by atoms with Crippen LogP contribution < -0.4 is 10.6 Å². The molecular formula is C15H20N4O4S. The molecule has 3 heterocycles. The van der Waals surface area contributed by atoms with E-state index in [4.69, 9.17) is 15.2 Å². The molecule has 0 amide bonds. The average molecular weight is 352 g/mol. The van der Waals surface area contributed by atoms with E-state index in [1.807, 2.05) is 6.92 Å². The van der Waals surface area contributed by atoms with Crippen LogP contribution in [0.5, 0.6) is 0 Å². The number of anilines is 1. The molecule has 9 heteroatoms. The quantitative estimate of drug-likeness (QED) is 0.834. The highest BCUT2D eigenvalue weighted by atomic mass is 32.1. The van der Waals surface area contributed by atoms with Crippen LogP contribution in [0.25, 0.3) is 10.3 Å². The number of fused-ring (bicyclic) bond motifs is 1. The van der Waals surface area contributed by atoms with Crippen molar-refractivity contribution in [3.05, 3.63) is 15.9 Å². The maximum Gasteiger partial charge on any atom is 0.311 e. The van der Waals surface area contributed by atoms with Crippen molar-refractivity contribution in [1.29, 1.82) is 0 Å². The van der Waals surface area contributed by atoms with E-state index in [2.05, 4.69) is 16.9 Å². The molecule has 2 aromatic heterocycles. The Balaban J connectivity index is 2.08. The van der Waals surface area contributed by atoms with Gasteiger partial charge in [-0.25, -0.2) is 4.98 Å². The van der Waals surface area contributed by atoms with Crippen molar-refractivity contribution in [3.8, 4) is 0 Å². The number of rotatable bonds is 4. The van der Waals surface area contributed by atoms with E-state index >= 15 is 0 Å². The summed E-state index contributed by atoms with van der Waals surface area (Å²) in [6.45, 7) is 5.38. The third-order valence-corrected chi connectivity index (χ3v) is 5.09. The van der Waals surface area contributed by atoms with Crippen LogP contribution in [-0.4, -0.2) is 32.7 Å². The van der Waals surface area contributed by atoms with Gasteiger partial charge >= 0.3 is 10.8 Å². The van der Waals surface area contributed by atoms with E-state index in [0.29, 0.717) is 10.3 Å². The Morgan fingerprint density at radius 1 is 1.54 bits per heavy atom. The van der Waals surface area contributed by atoms with E-state index < -0.39 is 18.3 Å². The Hall–Kier alpha value is -2.00. The summed E-state index contributed by atoms with van der Waals surface area (Å²) in [5.74, 6) is -0.353. The van der Waals surface area contributed by atoms with Crippen LogP contribution in [0, 0.1) is 5.92 Å². The van der Waals surface area contributed by atoms with Crippen LogP contribution in [0.4, 0.5) is 5.95 Å². The number of hydrogen-bond acceptors (Lipinski definition) is 8. The van der Waals surface area contributed by atoms with Gasteiger partial charge in [-0.3, -0.25) is 14.2 Å². The minimum atomic E-state index is -0.712. The fourth-order valence-corrected chi connectivity index (χ4v) is 3.92. The summed E-state index contributed by atoms with van der Waals surface area (Å²) in [5.41, 5.74) is 6.07. The lowest BCUT2D eigenvalue weighted by Crippen LogP contribution is -2.33. The molecular weight excluding hydrogens is 332 g/mol. The third kappa shape index (κ3) is 2.89. The zero-order valence-electron chi connectivity index (χ0n) is 13.8. The minimum Gasteiger partial charge on any atom is -0.457 e. The van der Waals surface area contributed by atoms with Crippen molar-refractivity contribution in [3.63, 3.8) is 0 Å². The second-order valence-corrected chi connectivity index (χ2v) is 6.93. The highest BCUT2D eigenvalue weighted by molar-refractivity contribution is 7.16. The molecule has 0 spiro atoms. The lowest BCUT2D eigenvalue weighted by atomic mass is 9.97. The molecule has 0 aliphatic carbocycles. The van der Waals surface area contributed by atoms with Gasteiger partial charge in [-0.15, -0.1) is 0 Å². The largest absolute Gasteiger partial charge is 0.457 e. The Labute approximate surface area is 142 Å². The standard InChI is InChI=1S/C15H20N4O4S/c1-4-5-9-7(2)11(22-8(3)20)13(23-9)19-12-10(24-15(19)21)6-17-14(16)18-12/h6-7,9,11,13H,4-5H2,1-3H3,(H2,16,17,18)/t7-,9-,11-,13-/m1/s1. The number of hydrogen-bond donors (Lipinski definition) is 1. The van der Waals surface area contributed by atoms with E-state index in [1.165, 1.54) is 17.7 Å². The topological polar surface area (TPSA) is 109 Å². The van der Waals surface area contributed by atoms with Gasteiger partial charge in [0.25, 0.3) is 0 Å². The van der Waals surface area contributed by atoms with Crippen LogP contribution in [-0.2, 0) is 14.3 Å². The molecule has 0 aromatic carbocycles. The fourth-order valence-electron chi connectivity index (χ4n) is 3.11. The Morgan fingerprint density at radius 3 is 2.96 bits per heavy atom. The molecule has 0 bridgehead atoms. The maximum atomic E-state index is 12.5. The van der Waals surface area contributed by atoms with Crippen molar-refractivity contribution in [2.24, 2.45) is 5.92 Å². The zero-order valence-corrected chi connectivity index (χ0v) is 14.6. The van der Waals surface area contributed by atoms with E-state index in [1.54, 1.807) is 0 Å². The molecule has 1 aliphatic heterocycles. The summed E-state index contributed by atoms with van der Waals surface area (Å²) in [7, 11) is 0. The van der Waals surface area contributed by atoms with Gasteiger partial charge in [0.2, 0.25) is 5.95 Å². The summed E-state index contributed by atoms with van der Waals surface area (Å²) >= 11 is 1.02. The molecule has 24 heavy (non-hydrogen) atoms. The second kappa shape index (κ2) is 6.48. The first-order chi connectivity index (χ1) is 11.4. The Bertz CT molecular complexity index is 817. The molecule has 1 aliphatic rings. The molecule has 1 saturated heterocycles. The summed E-state index contributed by atoms with van der Waals surface area (Å²) in [4.78, 5) is 31.9. The van der Waals surface area contributed by atoms with Crippen LogP contribution in [0.1, 0.15) is 39.8 Å². The van der Waals surface area contributed by atoms with Crippen LogP contribution in [0.2, 0.25) is 0 Å². The van der Waals surface area contributed by atoms with Crippen LogP contribution in [0.3, 0.4) is 0 Å². The summed E-state index contributed by atoms with van der Waals surface area (Å²) < 4.78 is 13.6. The zero-order chi connectivity index (χ0) is 17.4. The van der Waals surface area contributed by atoms with E-state index in [0.717, 1.165) is 24.2 Å². The van der Waals surface area contributed by atoms with E-state index in [9.17, 15) is 9.59 Å². The first-order valence-corrected chi connectivity index (χ1v) is 8.70. The smallest absolute Gasteiger partial charge is 0.311 e. The highest BCUT2D eigenvalue weighted by Crippen LogP contribution is 2.39. The number of esters is 1. The fraction of sp³-hybridized carbons (Fsp3) is 0.600. The van der Waals surface area contributed by atoms with Crippen molar-refractivity contribution in [2.45, 2.75) is 52.0 Å². The minimum absolute atomic E-state index is 0.0279. The van der Waals surface area contributed by atoms with Crippen molar-refractivity contribution >= 4 is 33.6 Å². The number of carbonyl (C=O) groups excluding carboxylic acids is 1. The number of thiazole rings is 1. The molecule has 3 rings (SSSR count). The number of nitrogen functional groups attached to an aromatic ring is 1. The summed E-state index contributed by atoms with van der Waals surface area (Å²) in [6.07, 6.45) is 1.92. The van der Waals surface area contributed by atoms with Gasteiger partial charge in [0.15, 0.2) is 18.0 Å². The Morgan fingerprint density at radius 2 is 2.29 bits per heavy atom. The van der Waals surface area contributed by atoms with Gasteiger partial charge in [0.1, 0.15) is 0 Å². The molecule has 130 valence electrons. The third-order valence-electron chi connectivity index (χ3n) is 4.21. The molecule has 8 nitrogen and oxygen atoms in total. The lowest BCUT2D eigenvalue weighted by molar-refractivity contribution is -0.153. The highest BCUT2D eigenvalue weighted by Gasteiger charge is 2.46. The maximum absolute atomic E-state index is 12.5. The van der Waals surface area contributed by atoms with Gasteiger partial charge in [0, 0.05) is 12.8 Å². The molecule has 2 N–H and O–H groups in total. The van der Waals surface area contributed by atoms with Crippen molar-refractivity contribution < 1.29 is 14.3 Å². The number of carbonyl (C=O) groups is 1.